The van der Waals surface area contributed by atoms with Crippen LogP contribution in [0.4, 0.5) is 10.3 Å². The van der Waals surface area contributed by atoms with Crippen LogP contribution in [-0.2, 0) is 13.0 Å². The summed E-state index contributed by atoms with van der Waals surface area (Å²) in [5.41, 5.74) is 4.21. The monoisotopic (exact) mass is 431 g/mol. The van der Waals surface area contributed by atoms with E-state index in [4.69, 9.17) is 9.47 Å². The lowest BCUT2D eigenvalue weighted by Gasteiger charge is -2.13. The summed E-state index contributed by atoms with van der Waals surface area (Å²) in [6, 6.07) is 5.38. The molecule has 0 fully saturated rings. The molecule has 1 aliphatic heterocycles. The van der Waals surface area contributed by atoms with Crippen LogP contribution in [0.2, 0.25) is 0 Å². The largest absolute Gasteiger partial charge is 0.493 e. The Balaban J connectivity index is 1.55. The molecule has 0 bridgehead atoms. The van der Waals surface area contributed by atoms with Crippen LogP contribution < -0.4 is 14.8 Å². The zero-order chi connectivity index (χ0) is 22.2. The number of anilines is 1. The number of rotatable bonds is 5. The third kappa shape index (κ3) is 3.24. The SMILES string of the molecule is COc1ncc(-c2cnc(NCc3c(F)ccc4c3CCO4)n3cc(C#N)nc23)c(C)n1. The Morgan fingerprint density at radius 3 is 2.88 bits per heavy atom. The van der Waals surface area contributed by atoms with E-state index in [0.717, 1.165) is 5.56 Å². The fourth-order valence-corrected chi connectivity index (χ4v) is 3.83. The highest BCUT2D eigenvalue weighted by Gasteiger charge is 2.20. The van der Waals surface area contributed by atoms with E-state index in [1.165, 1.54) is 13.2 Å². The van der Waals surface area contributed by atoms with Crippen LogP contribution in [-0.4, -0.2) is 38.1 Å². The number of aryl methyl sites for hydroxylation is 1. The van der Waals surface area contributed by atoms with Gasteiger partial charge in [0.05, 0.1) is 25.6 Å². The Kier molecular flexibility index (Phi) is 4.78. The van der Waals surface area contributed by atoms with Crippen molar-refractivity contribution >= 4 is 11.6 Å². The summed E-state index contributed by atoms with van der Waals surface area (Å²) in [5.74, 6) is 0.839. The summed E-state index contributed by atoms with van der Waals surface area (Å²) in [4.78, 5) is 17.4. The highest BCUT2D eigenvalue weighted by molar-refractivity contribution is 5.79. The molecule has 0 amide bonds. The molecule has 0 aliphatic carbocycles. The number of benzene rings is 1. The first-order valence-corrected chi connectivity index (χ1v) is 9.92. The van der Waals surface area contributed by atoms with Gasteiger partial charge < -0.3 is 14.8 Å². The summed E-state index contributed by atoms with van der Waals surface area (Å²) < 4.78 is 26.8. The van der Waals surface area contributed by atoms with Gasteiger partial charge in [-0.15, -0.1) is 0 Å². The number of nitriles is 1. The van der Waals surface area contributed by atoms with Crippen molar-refractivity contribution in [3.8, 4) is 29.0 Å². The smallest absolute Gasteiger partial charge is 0.316 e. The summed E-state index contributed by atoms with van der Waals surface area (Å²) in [7, 11) is 1.50. The molecule has 4 heterocycles. The summed E-state index contributed by atoms with van der Waals surface area (Å²) in [5, 5.41) is 12.6. The standard InChI is InChI=1S/C22H18FN7O2/c1-12-15(8-27-22(28-12)31-2)17-10-26-21(30-11-13(7-24)29-20(17)30)25-9-16-14-5-6-32-19(14)4-3-18(16)23/h3-4,8,10-11H,5-6,9H2,1-2H3,(H,25,26). The Hall–Kier alpha value is -4.26. The molecule has 1 aliphatic rings. The maximum absolute atomic E-state index is 14.5. The van der Waals surface area contributed by atoms with Gasteiger partial charge in [0.15, 0.2) is 11.3 Å². The molecule has 0 spiro atoms. The molecular weight excluding hydrogens is 413 g/mol. The van der Waals surface area contributed by atoms with Gasteiger partial charge in [-0.3, -0.25) is 4.40 Å². The lowest BCUT2D eigenvalue weighted by atomic mass is 10.0. The van der Waals surface area contributed by atoms with Crippen LogP contribution in [0.3, 0.4) is 0 Å². The molecule has 160 valence electrons. The Morgan fingerprint density at radius 2 is 2.09 bits per heavy atom. The number of hydrogen-bond donors (Lipinski definition) is 1. The van der Waals surface area contributed by atoms with Gasteiger partial charge in [0.1, 0.15) is 17.6 Å². The second-order valence-corrected chi connectivity index (χ2v) is 7.24. The number of nitrogens with one attached hydrogen (secondary N) is 1. The van der Waals surface area contributed by atoms with Crippen molar-refractivity contribution in [3.63, 3.8) is 0 Å². The van der Waals surface area contributed by atoms with Crippen LogP contribution in [0.5, 0.6) is 11.8 Å². The predicted molar refractivity (Wildman–Crippen MR) is 113 cm³/mol. The number of ether oxygens (including phenoxy) is 2. The predicted octanol–water partition coefficient (Wildman–Crippen LogP) is 3.06. The minimum atomic E-state index is -0.302. The molecule has 5 rings (SSSR count). The minimum absolute atomic E-state index is 0.213. The van der Waals surface area contributed by atoms with Crippen molar-refractivity contribution in [1.29, 1.82) is 5.26 Å². The van der Waals surface area contributed by atoms with E-state index < -0.39 is 0 Å². The fraction of sp³-hybridized carbons (Fsp3) is 0.227. The molecule has 4 aromatic rings. The average Bonchev–Trinajstić information content (AvgIpc) is 3.46. The first-order chi connectivity index (χ1) is 15.6. The van der Waals surface area contributed by atoms with E-state index in [2.05, 4.69) is 31.3 Å². The van der Waals surface area contributed by atoms with Crippen molar-refractivity contribution in [1.82, 2.24) is 24.3 Å². The van der Waals surface area contributed by atoms with E-state index in [-0.39, 0.29) is 24.1 Å². The molecule has 0 unspecified atom stereocenters. The number of imidazole rings is 1. The summed E-state index contributed by atoms with van der Waals surface area (Å²) >= 11 is 0. The normalized spacial score (nSPS) is 12.3. The highest BCUT2D eigenvalue weighted by Crippen LogP contribution is 2.31. The number of fused-ring (bicyclic) bond motifs is 2. The third-order valence-electron chi connectivity index (χ3n) is 5.40. The molecule has 0 saturated carbocycles. The average molecular weight is 431 g/mol. The Labute approximate surface area is 182 Å². The molecule has 0 saturated heterocycles. The number of aromatic nitrogens is 5. The Morgan fingerprint density at radius 1 is 1.25 bits per heavy atom. The van der Waals surface area contributed by atoms with Crippen LogP contribution in [0.15, 0.2) is 30.7 Å². The zero-order valence-electron chi connectivity index (χ0n) is 17.4. The molecule has 32 heavy (non-hydrogen) atoms. The topological polar surface area (TPSA) is 110 Å². The lowest BCUT2D eigenvalue weighted by molar-refractivity contribution is 0.356. The van der Waals surface area contributed by atoms with Gasteiger partial charge in [0.2, 0.25) is 5.95 Å². The Bertz CT molecular complexity index is 1390. The molecule has 3 aromatic heterocycles. The number of hydrogen-bond acceptors (Lipinski definition) is 8. The van der Waals surface area contributed by atoms with Crippen LogP contribution in [0.25, 0.3) is 16.8 Å². The second-order valence-electron chi connectivity index (χ2n) is 7.24. The maximum atomic E-state index is 14.5. The molecule has 0 radical (unpaired) electrons. The maximum Gasteiger partial charge on any atom is 0.316 e. The van der Waals surface area contributed by atoms with Gasteiger partial charge in [0, 0.05) is 47.6 Å². The molecule has 1 N–H and O–H groups in total. The minimum Gasteiger partial charge on any atom is -0.493 e. The van der Waals surface area contributed by atoms with Gasteiger partial charge >= 0.3 is 6.01 Å². The summed E-state index contributed by atoms with van der Waals surface area (Å²) in [6.07, 6.45) is 5.52. The molecule has 1 aromatic carbocycles. The molecular formula is C22H18FN7O2. The van der Waals surface area contributed by atoms with Crippen LogP contribution >= 0.6 is 0 Å². The molecule has 9 nitrogen and oxygen atoms in total. The van der Waals surface area contributed by atoms with E-state index in [0.29, 0.717) is 52.8 Å². The van der Waals surface area contributed by atoms with Crippen molar-refractivity contribution in [2.24, 2.45) is 0 Å². The van der Waals surface area contributed by atoms with Gasteiger partial charge in [-0.2, -0.15) is 10.2 Å². The van der Waals surface area contributed by atoms with Gasteiger partial charge in [-0.05, 0) is 19.1 Å². The van der Waals surface area contributed by atoms with E-state index >= 15 is 0 Å². The van der Waals surface area contributed by atoms with Crippen molar-refractivity contribution in [2.75, 3.05) is 19.0 Å². The van der Waals surface area contributed by atoms with Crippen molar-refractivity contribution in [2.45, 2.75) is 19.9 Å². The highest BCUT2D eigenvalue weighted by atomic mass is 19.1. The van der Waals surface area contributed by atoms with Crippen molar-refractivity contribution < 1.29 is 13.9 Å². The number of halogens is 1. The first kappa shape index (κ1) is 19.7. The lowest BCUT2D eigenvalue weighted by Crippen LogP contribution is -2.10. The van der Waals surface area contributed by atoms with Crippen molar-refractivity contribution in [3.05, 3.63) is 59.1 Å². The molecule has 10 heteroatoms. The quantitative estimate of drug-likeness (QED) is 0.513. The molecule has 0 atom stereocenters. The van der Waals surface area contributed by atoms with Gasteiger partial charge in [-0.25, -0.2) is 19.3 Å². The first-order valence-electron chi connectivity index (χ1n) is 9.92. The zero-order valence-corrected chi connectivity index (χ0v) is 17.4. The van der Waals surface area contributed by atoms with E-state index in [9.17, 15) is 9.65 Å². The van der Waals surface area contributed by atoms with E-state index in [1.807, 2.05) is 6.92 Å². The van der Waals surface area contributed by atoms with Crippen LogP contribution in [0, 0.1) is 24.1 Å². The van der Waals surface area contributed by atoms with E-state index in [1.54, 1.807) is 29.1 Å². The fourth-order valence-electron chi connectivity index (χ4n) is 3.83. The third-order valence-corrected chi connectivity index (χ3v) is 5.40. The van der Waals surface area contributed by atoms with Crippen LogP contribution in [0.1, 0.15) is 22.5 Å². The van der Waals surface area contributed by atoms with Gasteiger partial charge in [0.25, 0.3) is 0 Å². The van der Waals surface area contributed by atoms with Gasteiger partial charge in [-0.1, -0.05) is 0 Å². The summed E-state index contributed by atoms with van der Waals surface area (Å²) in [6.45, 7) is 2.58. The number of nitrogens with zero attached hydrogens (tertiary/aromatic N) is 6. The second kappa shape index (κ2) is 7.77. The number of methoxy groups -OCH3 is 1.